The maximum Gasteiger partial charge on any atom is 0.404 e. The molecule has 136 valence electrons. The van der Waals surface area contributed by atoms with Gasteiger partial charge in [0.05, 0.1) is 31.4 Å². The van der Waals surface area contributed by atoms with E-state index in [1.807, 2.05) is 0 Å². The van der Waals surface area contributed by atoms with Crippen LogP contribution in [0.3, 0.4) is 0 Å². The number of morpholine rings is 1. The number of rotatable bonds is 5. The molecule has 2 heterocycles. The molecule has 0 spiro atoms. The van der Waals surface area contributed by atoms with E-state index in [0.29, 0.717) is 5.69 Å². The van der Waals surface area contributed by atoms with Crippen molar-refractivity contribution >= 4 is 5.91 Å². The molecule has 10 heteroatoms. The molecule has 1 atom stereocenters. The van der Waals surface area contributed by atoms with Crippen molar-refractivity contribution in [2.45, 2.75) is 38.0 Å². The van der Waals surface area contributed by atoms with Gasteiger partial charge in [-0.1, -0.05) is 5.21 Å². The highest BCUT2D eigenvalue weighted by molar-refractivity contribution is 5.77. The van der Waals surface area contributed by atoms with Gasteiger partial charge in [0, 0.05) is 20.1 Å². The first-order valence-corrected chi connectivity index (χ1v) is 7.66. The molecule has 24 heavy (non-hydrogen) atoms. The van der Waals surface area contributed by atoms with Gasteiger partial charge in [0.2, 0.25) is 5.91 Å². The van der Waals surface area contributed by atoms with Crippen molar-refractivity contribution in [3.8, 4) is 0 Å². The lowest BCUT2D eigenvalue weighted by atomic mass is 10.0. The summed E-state index contributed by atoms with van der Waals surface area (Å²) in [6, 6.07) is -1.82. The van der Waals surface area contributed by atoms with E-state index in [4.69, 9.17) is 4.74 Å². The predicted octanol–water partition coefficient (Wildman–Crippen LogP) is 0.820. The zero-order valence-electron chi connectivity index (χ0n) is 13.9. The number of aromatic nitrogens is 3. The number of amides is 1. The molecule has 1 fully saturated rings. The highest BCUT2D eigenvalue weighted by Crippen LogP contribution is 2.28. The normalized spacial score (nSPS) is 18.4. The van der Waals surface area contributed by atoms with Crippen molar-refractivity contribution in [3.05, 3.63) is 11.9 Å². The molecular formula is C14H22F3N5O2. The Hall–Kier alpha value is -1.68. The third kappa shape index (κ3) is 4.67. The lowest BCUT2D eigenvalue weighted by Crippen LogP contribution is -2.53. The molecule has 0 aromatic carbocycles. The number of carbonyl (C=O) groups excluding carboxylic acids is 1. The standard InChI is InChI=1S/C14H22F3N5O2/c1-13(2,10-9-21(3)20-19-10)18-12(23)8-11(14(15,16)17)22-4-6-24-7-5-22/h9,11H,4-8H2,1-3H3,(H,18,23). The average Bonchev–Trinajstić information content (AvgIpc) is 2.91. The number of carbonyl (C=O) groups is 1. The molecular weight excluding hydrogens is 327 g/mol. The number of halogens is 3. The van der Waals surface area contributed by atoms with Gasteiger partial charge >= 0.3 is 6.18 Å². The van der Waals surface area contributed by atoms with Crippen molar-refractivity contribution in [1.82, 2.24) is 25.2 Å². The molecule has 1 aliphatic heterocycles. The van der Waals surface area contributed by atoms with E-state index in [1.54, 1.807) is 27.1 Å². The molecule has 0 saturated carbocycles. The minimum Gasteiger partial charge on any atom is -0.379 e. The van der Waals surface area contributed by atoms with Crippen molar-refractivity contribution in [3.63, 3.8) is 0 Å². The van der Waals surface area contributed by atoms with Gasteiger partial charge in [-0.3, -0.25) is 14.4 Å². The Bertz CT molecular complexity index is 567. The third-order valence-corrected chi connectivity index (χ3v) is 3.94. The smallest absolute Gasteiger partial charge is 0.379 e. The zero-order chi connectivity index (χ0) is 18.0. The third-order valence-electron chi connectivity index (χ3n) is 3.94. The maximum atomic E-state index is 13.3. The summed E-state index contributed by atoms with van der Waals surface area (Å²) in [5.74, 6) is -0.681. The molecule has 1 unspecified atom stereocenters. The van der Waals surface area contributed by atoms with Crippen LogP contribution >= 0.6 is 0 Å². The second kappa shape index (κ2) is 7.06. The molecule has 0 bridgehead atoms. The summed E-state index contributed by atoms with van der Waals surface area (Å²) in [6.07, 6.45) is -3.53. The highest BCUT2D eigenvalue weighted by Gasteiger charge is 2.45. The Morgan fingerprint density at radius 2 is 2.00 bits per heavy atom. The summed E-state index contributed by atoms with van der Waals surface area (Å²) in [6.45, 7) is 4.13. The summed E-state index contributed by atoms with van der Waals surface area (Å²) >= 11 is 0. The summed E-state index contributed by atoms with van der Waals surface area (Å²) < 4.78 is 46.6. The number of aryl methyl sites for hydroxylation is 1. The Labute approximate surface area is 138 Å². The summed E-state index contributed by atoms with van der Waals surface area (Å²) in [5.41, 5.74) is -0.430. The van der Waals surface area contributed by atoms with Gasteiger partial charge in [-0.05, 0) is 13.8 Å². The van der Waals surface area contributed by atoms with Gasteiger partial charge in [-0.15, -0.1) is 5.10 Å². The van der Waals surface area contributed by atoms with E-state index in [9.17, 15) is 18.0 Å². The Balaban J connectivity index is 2.04. The fourth-order valence-electron chi connectivity index (χ4n) is 2.61. The number of nitrogens with zero attached hydrogens (tertiary/aromatic N) is 4. The van der Waals surface area contributed by atoms with Crippen LogP contribution in [0, 0.1) is 0 Å². The van der Waals surface area contributed by atoms with Crippen LogP contribution < -0.4 is 5.32 Å². The number of nitrogens with one attached hydrogen (secondary N) is 1. The van der Waals surface area contributed by atoms with Crippen LogP contribution in [-0.4, -0.2) is 64.3 Å². The second-order valence-electron chi connectivity index (χ2n) is 6.36. The van der Waals surface area contributed by atoms with E-state index in [2.05, 4.69) is 15.6 Å². The predicted molar refractivity (Wildman–Crippen MR) is 79.0 cm³/mol. The molecule has 1 saturated heterocycles. The van der Waals surface area contributed by atoms with E-state index in [0.717, 1.165) is 0 Å². The van der Waals surface area contributed by atoms with Crippen LogP contribution in [0.1, 0.15) is 26.0 Å². The van der Waals surface area contributed by atoms with Crippen molar-refractivity contribution in [1.29, 1.82) is 0 Å². The topological polar surface area (TPSA) is 72.3 Å². The second-order valence-corrected chi connectivity index (χ2v) is 6.36. The van der Waals surface area contributed by atoms with E-state index in [-0.39, 0.29) is 26.3 Å². The first kappa shape index (κ1) is 18.7. The number of hydrogen-bond acceptors (Lipinski definition) is 5. The lowest BCUT2D eigenvalue weighted by Gasteiger charge is -2.35. The van der Waals surface area contributed by atoms with E-state index >= 15 is 0 Å². The minimum absolute atomic E-state index is 0.158. The van der Waals surface area contributed by atoms with Gasteiger partial charge in [0.1, 0.15) is 11.7 Å². The van der Waals surface area contributed by atoms with Crippen LogP contribution in [0.15, 0.2) is 6.20 Å². The zero-order valence-corrected chi connectivity index (χ0v) is 13.9. The van der Waals surface area contributed by atoms with E-state index < -0.39 is 30.1 Å². The largest absolute Gasteiger partial charge is 0.404 e. The quantitative estimate of drug-likeness (QED) is 0.852. The molecule has 1 aliphatic rings. The Morgan fingerprint density at radius 3 is 2.50 bits per heavy atom. The van der Waals surface area contributed by atoms with Gasteiger partial charge in [0.15, 0.2) is 0 Å². The van der Waals surface area contributed by atoms with Crippen LogP contribution in [0.25, 0.3) is 0 Å². The minimum atomic E-state index is -4.48. The number of hydrogen-bond donors (Lipinski definition) is 1. The molecule has 1 aromatic heterocycles. The summed E-state index contributed by atoms with van der Waals surface area (Å²) in [5, 5.41) is 10.3. The number of ether oxygens (including phenoxy) is 1. The molecule has 2 rings (SSSR count). The molecule has 0 aliphatic carbocycles. The van der Waals surface area contributed by atoms with Gasteiger partial charge < -0.3 is 10.1 Å². The maximum absolute atomic E-state index is 13.3. The SMILES string of the molecule is Cn1cc(C(C)(C)NC(=O)CC(N2CCOCC2)C(F)(F)F)nn1. The Kier molecular flexibility index (Phi) is 5.49. The average molecular weight is 349 g/mol. The summed E-state index contributed by atoms with van der Waals surface area (Å²) in [4.78, 5) is 13.5. The highest BCUT2D eigenvalue weighted by atomic mass is 19.4. The molecule has 7 nitrogen and oxygen atoms in total. The first-order valence-electron chi connectivity index (χ1n) is 7.66. The number of alkyl halides is 3. The Morgan fingerprint density at radius 1 is 1.38 bits per heavy atom. The van der Waals surface area contributed by atoms with Crippen LogP contribution in [0.2, 0.25) is 0 Å². The van der Waals surface area contributed by atoms with Gasteiger partial charge in [-0.25, -0.2) is 0 Å². The summed E-state index contributed by atoms with van der Waals surface area (Å²) in [7, 11) is 1.67. The fraction of sp³-hybridized carbons (Fsp3) is 0.786. The van der Waals surface area contributed by atoms with E-state index in [1.165, 1.54) is 9.58 Å². The molecule has 0 radical (unpaired) electrons. The fourth-order valence-corrected chi connectivity index (χ4v) is 2.61. The first-order chi connectivity index (χ1) is 11.1. The van der Waals surface area contributed by atoms with Gasteiger partial charge in [-0.2, -0.15) is 13.2 Å². The molecule has 1 N–H and O–H groups in total. The van der Waals surface area contributed by atoms with Crippen molar-refractivity contribution < 1.29 is 22.7 Å². The molecule has 1 amide bonds. The van der Waals surface area contributed by atoms with Gasteiger partial charge in [0.25, 0.3) is 0 Å². The monoisotopic (exact) mass is 349 g/mol. The lowest BCUT2D eigenvalue weighted by molar-refractivity contribution is -0.195. The molecule has 1 aromatic rings. The van der Waals surface area contributed by atoms with Crippen LogP contribution in [-0.2, 0) is 22.1 Å². The van der Waals surface area contributed by atoms with Crippen LogP contribution in [0.4, 0.5) is 13.2 Å². The van der Waals surface area contributed by atoms with Crippen molar-refractivity contribution in [2.75, 3.05) is 26.3 Å². The van der Waals surface area contributed by atoms with Crippen LogP contribution in [0.5, 0.6) is 0 Å². The van der Waals surface area contributed by atoms with Crippen molar-refractivity contribution in [2.24, 2.45) is 7.05 Å².